The summed E-state index contributed by atoms with van der Waals surface area (Å²) in [5.41, 5.74) is 15.1. The average molecular weight is 2160 g/mol. The largest absolute Gasteiger partial charge is 0.394 e. The lowest BCUT2D eigenvalue weighted by molar-refractivity contribution is 0.0174. The number of aliphatic hydroxyl groups is 4. The first kappa shape index (κ1) is 106. The number of nitrogens with one attached hydrogen (secondary N) is 5. The molecular formula is C112H141ClF2N20O10S5. The van der Waals surface area contributed by atoms with Crippen LogP contribution in [-0.4, -0.2) is 253 Å². The van der Waals surface area contributed by atoms with Gasteiger partial charge in [0.25, 0.3) is 5.92 Å². The Morgan fingerprint density at radius 1 is 0.340 bits per heavy atom. The lowest BCUT2D eigenvalue weighted by Crippen LogP contribution is -2.35. The summed E-state index contributed by atoms with van der Waals surface area (Å²) in [6.45, 7) is 20.1. The van der Waals surface area contributed by atoms with Gasteiger partial charge in [0.1, 0.15) is 53.6 Å². The molecule has 0 amide bonds. The molecule has 10 aromatic rings. The first-order valence-electron chi connectivity index (χ1n) is 54.1. The Morgan fingerprint density at radius 3 is 0.893 bits per heavy atom. The van der Waals surface area contributed by atoms with E-state index in [2.05, 4.69) is 164 Å². The number of aliphatic hydroxyl groups excluding tert-OH is 4. The third kappa shape index (κ3) is 24.3. The van der Waals surface area contributed by atoms with Gasteiger partial charge < -0.3 is 76.2 Å². The van der Waals surface area contributed by atoms with Gasteiger partial charge in [-0.1, -0.05) is 131 Å². The molecule has 0 bridgehead atoms. The summed E-state index contributed by atoms with van der Waals surface area (Å²) in [6, 6.07) is 40.0. The maximum atomic E-state index is 13.5. The van der Waals surface area contributed by atoms with Crippen LogP contribution in [0.1, 0.15) is 249 Å². The van der Waals surface area contributed by atoms with Crippen LogP contribution in [0, 0.1) is 27.7 Å². The van der Waals surface area contributed by atoms with Crippen molar-refractivity contribution in [2.45, 2.75) is 283 Å². The highest BCUT2D eigenvalue weighted by Gasteiger charge is 2.49. The average Bonchev–Trinajstić information content (AvgIpc) is 1.63. The number of hydrogen-bond acceptors (Lipinski definition) is 30. The monoisotopic (exact) mass is 2160 g/mol. The molecule has 11 aliphatic heterocycles. The Labute approximate surface area is 895 Å². The third-order valence-corrected chi connectivity index (χ3v) is 40.5. The summed E-state index contributed by atoms with van der Waals surface area (Å²) < 4.78 is 95.1. The topological polar surface area (TPSA) is 381 Å². The zero-order valence-corrected chi connectivity index (χ0v) is 91.4. The number of rotatable bonds is 25. The van der Waals surface area contributed by atoms with Crippen LogP contribution in [0.2, 0.25) is 5.02 Å². The molecule has 800 valence electrons. The summed E-state index contributed by atoms with van der Waals surface area (Å²) in [5, 5.41) is 56.8. The number of hydrogen-bond donors (Lipinski definition) is 9. The van der Waals surface area contributed by atoms with Crippen molar-refractivity contribution in [2.75, 3.05) is 185 Å². The smallest absolute Gasteiger partial charge is 0.270 e. The molecule has 10 fully saturated rings. The number of benzene rings is 5. The van der Waals surface area contributed by atoms with Crippen LogP contribution in [0.4, 0.5) is 67.6 Å². The van der Waals surface area contributed by atoms with E-state index in [1.165, 1.54) is 56.6 Å². The number of fused-ring (bicyclic) bond motifs is 5. The van der Waals surface area contributed by atoms with Gasteiger partial charge in [-0.05, 0) is 231 Å². The molecule has 5 atom stereocenters. The van der Waals surface area contributed by atoms with Crippen molar-refractivity contribution < 1.29 is 55.0 Å². The van der Waals surface area contributed by atoms with Crippen molar-refractivity contribution in [2.24, 2.45) is 0 Å². The minimum Gasteiger partial charge on any atom is -0.394 e. The summed E-state index contributed by atoms with van der Waals surface area (Å²) in [5.74, 6) is 9.81. The molecule has 9 N–H and O–H groups in total. The highest BCUT2D eigenvalue weighted by molar-refractivity contribution is 7.86. The summed E-state index contributed by atoms with van der Waals surface area (Å²) in [7, 11) is -5.28. The van der Waals surface area contributed by atoms with Gasteiger partial charge in [0.05, 0.1) is 131 Å². The number of anilines is 10. The highest BCUT2D eigenvalue weighted by atomic mass is 35.5. The maximum absolute atomic E-state index is 13.5. The second kappa shape index (κ2) is 45.3. The Hall–Kier alpha value is -9.80. The van der Waals surface area contributed by atoms with Gasteiger partial charge in [-0.3, -0.25) is 21.0 Å². The van der Waals surface area contributed by atoms with Crippen molar-refractivity contribution >= 4 is 124 Å². The molecule has 4 aliphatic carbocycles. The van der Waals surface area contributed by atoms with Gasteiger partial charge in [0.2, 0.25) is 29.7 Å². The lowest BCUT2D eigenvalue weighted by Gasteiger charge is -2.33. The number of aromatic nitrogens is 10. The molecule has 4 saturated carbocycles. The second-order valence-corrected chi connectivity index (χ2v) is 52.1. The quantitative estimate of drug-likeness (QED) is 0.0257. The minimum atomic E-state index is -2.82. The normalized spacial score (nSPS) is 22.9. The molecule has 150 heavy (non-hydrogen) atoms. The third-order valence-electron chi connectivity index (χ3n) is 33.0. The Bertz CT molecular complexity index is 6660. The molecule has 0 spiro atoms. The zero-order valence-electron chi connectivity index (χ0n) is 86.6. The van der Waals surface area contributed by atoms with Gasteiger partial charge in [-0.2, -0.15) is 24.9 Å². The molecular weight excluding hydrogens is 2020 g/mol. The van der Waals surface area contributed by atoms with Crippen LogP contribution in [-0.2, 0) is 96.8 Å². The molecule has 5 aromatic heterocycles. The van der Waals surface area contributed by atoms with Crippen molar-refractivity contribution in [3.05, 3.63) is 204 Å². The highest BCUT2D eigenvalue weighted by Crippen LogP contribution is 2.49. The maximum Gasteiger partial charge on any atom is 0.270 e. The minimum absolute atomic E-state index is 0.0297. The van der Waals surface area contributed by atoms with Gasteiger partial charge >= 0.3 is 0 Å². The van der Waals surface area contributed by atoms with E-state index in [-0.39, 0.29) is 54.1 Å². The Balaban J connectivity index is 0.000000110. The second-order valence-electron chi connectivity index (χ2n) is 44.1. The molecule has 5 aromatic carbocycles. The van der Waals surface area contributed by atoms with Crippen LogP contribution in [0.15, 0.2) is 140 Å². The van der Waals surface area contributed by atoms with E-state index in [4.69, 9.17) is 66.2 Å². The van der Waals surface area contributed by atoms with Crippen LogP contribution >= 0.6 is 11.6 Å². The first-order valence-corrected chi connectivity index (χ1v) is 61.1. The van der Waals surface area contributed by atoms with E-state index in [9.17, 15) is 50.3 Å². The van der Waals surface area contributed by atoms with Crippen molar-refractivity contribution in [1.82, 2.24) is 49.8 Å². The van der Waals surface area contributed by atoms with Crippen LogP contribution < -0.4 is 51.1 Å². The van der Waals surface area contributed by atoms with Gasteiger partial charge in [-0.25, -0.2) is 33.7 Å². The molecule has 0 radical (unpaired) electrons. The van der Waals surface area contributed by atoms with E-state index in [1.54, 1.807) is 0 Å². The molecule has 16 heterocycles. The van der Waals surface area contributed by atoms with Crippen LogP contribution in [0.3, 0.4) is 0 Å². The molecule has 38 heteroatoms. The predicted molar refractivity (Wildman–Crippen MR) is 590 cm³/mol. The van der Waals surface area contributed by atoms with Crippen LogP contribution in [0.25, 0.3) is 0 Å². The predicted octanol–water partition coefficient (Wildman–Crippen LogP) is 16.0. The number of aryl methyl sites for hydroxylation is 9. The van der Waals surface area contributed by atoms with Crippen LogP contribution in [0.5, 0.6) is 0 Å². The van der Waals surface area contributed by atoms with E-state index in [0.29, 0.717) is 111 Å². The fraction of sp³-hybridized carbons (Fsp3) is 0.554. The van der Waals surface area contributed by atoms with Gasteiger partial charge in [0, 0.05) is 163 Å². The fourth-order valence-electron chi connectivity index (χ4n) is 22.7. The van der Waals surface area contributed by atoms with E-state index < -0.39 is 59.9 Å². The summed E-state index contributed by atoms with van der Waals surface area (Å²) in [4.78, 5) is 63.0. The Morgan fingerprint density at radius 2 is 0.613 bits per heavy atom. The number of ether oxygens (including phenoxy) is 1. The van der Waals surface area contributed by atoms with E-state index >= 15 is 0 Å². The molecule has 25 rings (SSSR count). The standard InChI is InChI=1S/C23H28F2N4O2S.C23H30N4O2S.C22H27ClN4O2S.2C22H28N4O2S/c1-22(24,25)17-4-2-15(3-5-17)16-6-11-29(12-7-16)21-26-18-8-13-32(31)19(18)20(27-21)28-23(14-30)9-10-23;1-16-2-4-17(5-3-16)18-6-11-27(12-7-18)23-25-20-10-15-30(28)21(20)22(26-23)24-19-8-13-29-14-9-19;1-14-10-16(12-17(23)11-14)15-2-7-27(8-3-15)21-24-18-4-9-30(29)19(18)20(25-21)26-22(13-28)5-6-22;1-15-2-4-16(5-3-15)17-6-11-26(12-7-17)21-23-18-8-13-29(28)19(18)20(24-21)25-22(14-27)9-10-22;1-15-3-2-4-17(13-15)16-5-10-26(11-6-16)21-23-18-7-12-29(28)19(18)20(24-21)25-22(14-27)8-9-22/h2-5,16,30H,6-14H2,1H3,(H,26,27,28);2-5,18-19H,6-15H2,1H3,(H,24,25,26);10-12,15,28H,2-9,13H2,1H3,(H,24,25,26);2-5,17,27H,6-14H2,1H3,(H,23,24,25);2-4,13,16,27H,5-12,14H2,1H3,(H,23,24,25). The summed E-state index contributed by atoms with van der Waals surface area (Å²) in [6.07, 6.45) is 23.2. The number of alkyl halides is 2. The zero-order chi connectivity index (χ0) is 104. The first-order chi connectivity index (χ1) is 72.5. The van der Waals surface area contributed by atoms with Crippen molar-refractivity contribution in [3.8, 4) is 0 Å². The molecule has 5 unspecified atom stereocenters. The summed E-state index contributed by atoms with van der Waals surface area (Å²) >= 11 is 6.27. The van der Waals surface area contributed by atoms with Gasteiger partial charge in [-0.15, -0.1) is 0 Å². The van der Waals surface area contributed by atoms with Crippen molar-refractivity contribution in [3.63, 3.8) is 0 Å². The van der Waals surface area contributed by atoms with E-state index in [0.717, 1.165) is 322 Å². The number of halogens is 3. The van der Waals surface area contributed by atoms with Gasteiger partial charge in [0.15, 0.2) is 0 Å². The molecule has 30 nitrogen and oxygen atoms in total. The Kier molecular flexibility index (Phi) is 32.0. The van der Waals surface area contributed by atoms with Crippen molar-refractivity contribution in [1.29, 1.82) is 0 Å². The fourth-order valence-corrected chi connectivity index (χ4v) is 29.5. The molecule has 15 aliphatic rings. The number of nitrogens with zero attached hydrogens (tertiary/aromatic N) is 15. The molecule has 6 saturated heterocycles. The SMILES string of the molecule is CC(F)(F)c1ccc(C2CCN(c3nc4c(c(NC5(CO)CC5)n3)S(=O)CC4)CC2)cc1.Cc1cc(Cl)cc(C2CCN(c3nc4c(c(NC5(CO)CC5)n3)S(=O)CC4)CC2)c1.Cc1ccc(C2CCN(c3nc4c(c(NC5(CO)CC5)n3)S(=O)CC4)CC2)cc1.Cc1ccc(C2CCN(c3nc4c(c(NC5CCOCC5)n3)S(=O)CC4)CC2)cc1.Cc1cccc(C2CCN(c3nc4c(c(NC5(CO)CC5)n3)S(=O)CC4)CC2)c1. The lowest BCUT2D eigenvalue weighted by atomic mass is 9.89. The number of piperidine rings is 5. The van der Waals surface area contributed by atoms with E-state index in [1.807, 2.05) is 18.2 Å².